The first kappa shape index (κ1) is 15.5. The van der Waals surface area contributed by atoms with E-state index in [1.807, 2.05) is 4.68 Å². The number of aryl methyl sites for hydroxylation is 2. The fourth-order valence-electron chi connectivity index (χ4n) is 4.08. The van der Waals surface area contributed by atoms with Crippen LogP contribution in [0, 0.1) is 6.92 Å². The number of tetrazole rings is 1. The van der Waals surface area contributed by atoms with Crippen molar-refractivity contribution in [1.29, 1.82) is 0 Å². The molecule has 8 heteroatoms. The van der Waals surface area contributed by atoms with Crippen molar-refractivity contribution in [2.24, 2.45) is 0 Å². The molecule has 0 radical (unpaired) electrons. The topological polar surface area (TPSA) is 77.6 Å². The third-order valence-electron chi connectivity index (χ3n) is 5.44. The molecular formula is C18H22N8. The Morgan fingerprint density at radius 2 is 1.88 bits per heavy atom. The van der Waals surface area contributed by atoms with E-state index in [0.29, 0.717) is 5.92 Å². The molecule has 4 heterocycles. The smallest absolute Gasteiger partial charge is 0.250 e. The largest absolute Gasteiger partial charge is 0.339 e. The van der Waals surface area contributed by atoms with Gasteiger partial charge in [-0.1, -0.05) is 22.8 Å². The van der Waals surface area contributed by atoms with Crippen LogP contribution in [0.5, 0.6) is 0 Å². The number of anilines is 1. The van der Waals surface area contributed by atoms with Gasteiger partial charge in [-0.25, -0.2) is 0 Å². The van der Waals surface area contributed by atoms with Crippen molar-refractivity contribution in [3.05, 3.63) is 41.5 Å². The summed E-state index contributed by atoms with van der Waals surface area (Å²) in [5.41, 5.74) is 2.21. The number of piperidine rings is 1. The molecule has 2 aliphatic heterocycles. The van der Waals surface area contributed by atoms with Crippen molar-refractivity contribution in [1.82, 2.24) is 35.0 Å². The van der Waals surface area contributed by atoms with E-state index in [4.69, 9.17) is 0 Å². The zero-order valence-electron chi connectivity index (χ0n) is 14.9. The number of rotatable bonds is 3. The molecule has 2 aliphatic rings. The molecule has 0 spiro atoms. The van der Waals surface area contributed by atoms with Gasteiger partial charge in [-0.15, -0.1) is 10.2 Å². The normalized spacial score (nSPS) is 19.7. The minimum Gasteiger partial charge on any atom is -0.339 e. The van der Waals surface area contributed by atoms with Crippen LogP contribution in [0.4, 0.5) is 5.95 Å². The summed E-state index contributed by atoms with van der Waals surface area (Å²) < 4.78 is 4.15. The highest BCUT2D eigenvalue weighted by Crippen LogP contribution is 2.30. The fraction of sp³-hybridized carbons (Fsp3) is 0.500. The third-order valence-corrected chi connectivity index (χ3v) is 5.44. The summed E-state index contributed by atoms with van der Waals surface area (Å²) in [4.78, 5) is 2.28. The number of nitrogens with zero attached hydrogens (tertiary/aromatic N) is 8. The molecule has 0 saturated carbocycles. The Morgan fingerprint density at radius 1 is 1.00 bits per heavy atom. The number of fused-ring (bicyclic) bond motifs is 1. The van der Waals surface area contributed by atoms with Gasteiger partial charge in [-0.2, -0.15) is 4.68 Å². The first-order valence-electron chi connectivity index (χ1n) is 9.32. The maximum absolute atomic E-state index is 4.50. The van der Waals surface area contributed by atoms with Crippen molar-refractivity contribution < 1.29 is 0 Å². The second kappa shape index (κ2) is 6.19. The molecule has 0 aliphatic carbocycles. The van der Waals surface area contributed by atoms with Gasteiger partial charge in [0.1, 0.15) is 11.6 Å². The lowest BCUT2D eigenvalue weighted by Gasteiger charge is -2.32. The van der Waals surface area contributed by atoms with Crippen LogP contribution in [-0.2, 0) is 13.0 Å². The highest BCUT2D eigenvalue weighted by Gasteiger charge is 2.30. The molecule has 1 fully saturated rings. The van der Waals surface area contributed by atoms with Crippen LogP contribution in [0.15, 0.2) is 24.3 Å². The predicted molar refractivity (Wildman–Crippen MR) is 96.4 cm³/mol. The maximum Gasteiger partial charge on any atom is 0.250 e. The molecule has 26 heavy (non-hydrogen) atoms. The average Bonchev–Trinajstić information content (AvgIpc) is 3.39. The Hall–Kier alpha value is -2.77. The first-order valence-corrected chi connectivity index (χ1v) is 9.32. The number of hydrogen-bond acceptors (Lipinski definition) is 6. The Bertz CT molecular complexity index is 910. The number of aromatic nitrogens is 7. The third kappa shape index (κ3) is 2.56. The molecule has 1 saturated heterocycles. The fourth-order valence-corrected chi connectivity index (χ4v) is 4.08. The SMILES string of the molecule is Cc1ccc(-n2nnnc2N2CCCC(c3nnc4n3CCC4)C2)cc1. The van der Waals surface area contributed by atoms with E-state index in [1.165, 1.54) is 12.0 Å². The second-order valence-corrected chi connectivity index (χ2v) is 7.24. The highest BCUT2D eigenvalue weighted by molar-refractivity contribution is 5.42. The van der Waals surface area contributed by atoms with E-state index < -0.39 is 0 Å². The van der Waals surface area contributed by atoms with Crippen LogP contribution in [-0.4, -0.2) is 48.1 Å². The average molecular weight is 350 g/mol. The number of benzene rings is 1. The van der Waals surface area contributed by atoms with Crippen LogP contribution in [0.25, 0.3) is 5.69 Å². The van der Waals surface area contributed by atoms with Gasteiger partial charge in [0.05, 0.1) is 5.69 Å². The van der Waals surface area contributed by atoms with Crippen molar-refractivity contribution in [2.75, 3.05) is 18.0 Å². The summed E-state index contributed by atoms with van der Waals surface area (Å²) in [7, 11) is 0. The van der Waals surface area contributed by atoms with Gasteiger partial charge >= 0.3 is 0 Å². The first-order chi connectivity index (χ1) is 12.8. The maximum atomic E-state index is 4.50. The molecule has 1 unspecified atom stereocenters. The van der Waals surface area contributed by atoms with E-state index >= 15 is 0 Å². The highest BCUT2D eigenvalue weighted by atomic mass is 15.6. The van der Waals surface area contributed by atoms with Gasteiger partial charge in [0.2, 0.25) is 5.95 Å². The lowest BCUT2D eigenvalue weighted by molar-refractivity contribution is 0.466. The molecule has 1 aromatic carbocycles. The molecule has 1 atom stereocenters. The van der Waals surface area contributed by atoms with Gasteiger partial charge in [-0.3, -0.25) is 0 Å². The van der Waals surface area contributed by atoms with Crippen LogP contribution in [0.3, 0.4) is 0 Å². The summed E-state index contributed by atoms with van der Waals surface area (Å²) in [6.45, 7) is 4.97. The zero-order chi connectivity index (χ0) is 17.5. The van der Waals surface area contributed by atoms with Crippen molar-refractivity contribution in [3.63, 3.8) is 0 Å². The summed E-state index contributed by atoms with van der Waals surface area (Å²) in [5.74, 6) is 3.46. The van der Waals surface area contributed by atoms with E-state index in [-0.39, 0.29) is 0 Å². The van der Waals surface area contributed by atoms with Gasteiger partial charge in [0.15, 0.2) is 0 Å². The van der Waals surface area contributed by atoms with Crippen molar-refractivity contribution in [2.45, 2.75) is 45.1 Å². The summed E-state index contributed by atoms with van der Waals surface area (Å²) in [6, 6.07) is 8.28. The summed E-state index contributed by atoms with van der Waals surface area (Å²) >= 11 is 0. The van der Waals surface area contributed by atoms with Crippen LogP contribution < -0.4 is 4.90 Å². The van der Waals surface area contributed by atoms with E-state index in [1.54, 1.807) is 0 Å². The molecule has 0 bridgehead atoms. The van der Waals surface area contributed by atoms with Crippen LogP contribution in [0.1, 0.15) is 42.4 Å². The molecule has 8 nitrogen and oxygen atoms in total. The van der Waals surface area contributed by atoms with Crippen LogP contribution >= 0.6 is 0 Å². The molecule has 2 aromatic heterocycles. The summed E-state index contributed by atoms with van der Waals surface area (Å²) in [5, 5.41) is 21.3. The Balaban J connectivity index is 1.42. The van der Waals surface area contributed by atoms with Gasteiger partial charge in [0, 0.05) is 32.0 Å². The van der Waals surface area contributed by atoms with Crippen molar-refractivity contribution >= 4 is 5.95 Å². The lowest BCUT2D eigenvalue weighted by atomic mass is 9.97. The minimum absolute atomic E-state index is 0.381. The Kier molecular flexibility index (Phi) is 3.69. The van der Waals surface area contributed by atoms with E-state index in [2.05, 4.69) is 66.4 Å². The monoisotopic (exact) mass is 350 g/mol. The van der Waals surface area contributed by atoms with Gasteiger partial charge in [-0.05, 0) is 48.7 Å². The Morgan fingerprint density at radius 3 is 2.77 bits per heavy atom. The van der Waals surface area contributed by atoms with Crippen molar-refractivity contribution in [3.8, 4) is 5.69 Å². The van der Waals surface area contributed by atoms with Gasteiger partial charge < -0.3 is 9.47 Å². The van der Waals surface area contributed by atoms with Crippen LogP contribution in [0.2, 0.25) is 0 Å². The quantitative estimate of drug-likeness (QED) is 0.718. The van der Waals surface area contributed by atoms with Gasteiger partial charge in [0.25, 0.3) is 0 Å². The standard InChI is InChI=1S/C18H22N8/c1-13-6-8-15(9-7-13)26-18(21-22-23-26)24-10-2-4-14(12-24)17-20-19-16-5-3-11-25(16)17/h6-9,14H,2-5,10-12H2,1H3. The summed E-state index contributed by atoms with van der Waals surface area (Å²) in [6.07, 6.45) is 4.48. The molecular weight excluding hydrogens is 328 g/mol. The van der Waals surface area contributed by atoms with E-state index in [0.717, 1.165) is 62.2 Å². The zero-order valence-corrected chi connectivity index (χ0v) is 14.9. The molecule has 0 amide bonds. The number of hydrogen-bond donors (Lipinski definition) is 0. The predicted octanol–water partition coefficient (Wildman–Crippen LogP) is 1.89. The lowest BCUT2D eigenvalue weighted by Crippen LogP contribution is -2.37. The molecule has 3 aromatic rings. The molecule has 5 rings (SSSR count). The minimum atomic E-state index is 0.381. The Labute approximate surface area is 151 Å². The second-order valence-electron chi connectivity index (χ2n) is 7.24. The van der Waals surface area contributed by atoms with E-state index in [9.17, 15) is 0 Å². The molecule has 0 N–H and O–H groups in total. The molecule has 134 valence electrons.